The predicted molar refractivity (Wildman–Crippen MR) is 72.9 cm³/mol. The number of benzene rings is 1. The molecule has 0 atom stereocenters. The molecule has 0 aliphatic carbocycles. The van der Waals surface area contributed by atoms with Gasteiger partial charge in [-0.2, -0.15) is 5.10 Å². The van der Waals surface area contributed by atoms with Crippen molar-refractivity contribution in [3.05, 3.63) is 30.0 Å². The second-order valence-corrected chi connectivity index (χ2v) is 3.31. The van der Waals surface area contributed by atoms with E-state index in [1.165, 1.54) is 11.1 Å². The van der Waals surface area contributed by atoms with E-state index in [1.807, 2.05) is 45.9 Å². The van der Waals surface area contributed by atoms with Crippen LogP contribution in [-0.4, -0.2) is 10.2 Å². The number of nitrogens with zero attached hydrogens (tertiary/aromatic N) is 1. The Labute approximate surface area is 99.1 Å². The maximum absolute atomic E-state index is 4.21. The highest BCUT2D eigenvalue weighted by molar-refractivity contribution is 5.81. The second kappa shape index (κ2) is 7.91. The second-order valence-electron chi connectivity index (χ2n) is 3.31. The minimum Gasteiger partial charge on any atom is -0.281 e. The van der Waals surface area contributed by atoms with Crippen LogP contribution in [0.1, 0.15) is 53.2 Å². The number of fused-ring (bicyclic) bond motifs is 1. The first-order chi connectivity index (χ1) is 7.79. The van der Waals surface area contributed by atoms with Crippen LogP contribution in [0.4, 0.5) is 0 Å². The summed E-state index contributed by atoms with van der Waals surface area (Å²) in [6.45, 7) is 12.3. The Balaban J connectivity index is 0.000000509. The molecule has 0 saturated carbocycles. The van der Waals surface area contributed by atoms with Gasteiger partial charge in [-0.25, -0.2) is 0 Å². The van der Waals surface area contributed by atoms with Crippen LogP contribution in [0.2, 0.25) is 0 Å². The summed E-state index contributed by atoms with van der Waals surface area (Å²) in [4.78, 5) is 0. The van der Waals surface area contributed by atoms with Gasteiger partial charge < -0.3 is 0 Å². The fourth-order valence-electron chi connectivity index (χ4n) is 1.42. The number of hydrogen-bond acceptors (Lipinski definition) is 1. The van der Waals surface area contributed by atoms with Crippen LogP contribution >= 0.6 is 0 Å². The van der Waals surface area contributed by atoms with Crippen LogP contribution in [-0.2, 0) is 0 Å². The molecule has 2 aromatic rings. The minimum absolute atomic E-state index is 0.511. The van der Waals surface area contributed by atoms with E-state index in [1.54, 1.807) is 0 Å². The first-order valence-corrected chi connectivity index (χ1v) is 6.22. The molecule has 0 fully saturated rings. The fourth-order valence-corrected chi connectivity index (χ4v) is 1.42. The standard InChI is InChI=1S/C10H12N2.2C2H6/c1-7(2)10-8-5-3-4-6-9(8)11-12-10;2*1-2/h3-7H,1-2H3,(H,11,12);2*1-2H3. The zero-order chi connectivity index (χ0) is 12.6. The van der Waals surface area contributed by atoms with Crippen LogP contribution < -0.4 is 0 Å². The van der Waals surface area contributed by atoms with Crippen LogP contribution in [0.5, 0.6) is 0 Å². The highest BCUT2D eigenvalue weighted by atomic mass is 15.1. The molecular formula is C14H24N2. The van der Waals surface area contributed by atoms with E-state index in [2.05, 4.69) is 30.1 Å². The summed E-state index contributed by atoms with van der Waals surface area (Å²) in [6.07, 6.45) is 0. The predicted octanol–water partition coefficient (Wildman–Crippen LogP) is 4.74. The van der Waals surface area contributed by atoms with Crippen molar-refractivity contribution in [3.8, 4) is 0 Å². The Hall–Kier alpha value is -1.31. The number of aromatic amines is 1. The maximum atomic E-state index is 4.21. The lowest BCUT2D eigenvalue weighted by atomic mass is 10.1. The fraction of sp³-hybridized carbons (Fsp3) is 0.500. The smallest absolute Gasteiger partial charge is 0.0923 e. The average molecular weight is 220 g/mol. The number of rotatable bonds is 1. The highest BCUT2D eigenvalue weighted by Gasteiger charge is 2.06. The highest BCUT2D eigenvalue weighted by Crippen LogP contribution is 2.21. The number of hydrogen-bond donors (Lipinski definition) is 1. The van der Waals surface area contributed by atoms with E-state index in [9.17, 15) is 0 Å². The Morgan fingerprint density at radius 3 is 2.12 bits per heavy atom. The van der Waals surface area contributed by atoms with Gasteiger partial charge in [0.25, 0.3) is 0 Å². The molecule has 2 rings (SSSR count). The van der Waals surface area contributed by atoms with Gasteiger partial charge in [0.15, 0.2) is 0 Å². The molecule has 1 N–H and O–H groups in total. The third-order valence-corrected chi connectivity index (χ3v) is 2.07. The van der Waals surface area contributed by atoms with E-state index in [4.69, 9.17) is 0 Å². The van der Waals surface area contributed by atoms with Gasteiger partial charge in [0.1, 0.15) is 0 Å². The topological polar surface area (TPSA) is 28.7 Å². The summed E-state index contributed by atoms with van der Waals surface area (Å²) in [5, 5.41) is 8.52. The largest absolute Gasteiger partial charge is 0.281 e. The quantitative estimate of drug-likeness (QED) is 0.739. The number of nitrogens with one attached hydrogen (secondary N) is 1. The van der Waals surface area contributed by atoms with E-state index in [-0.39, 0.29) is 0 Å². The molecule has 0 aliphatic heterocycles. The molecule has 1 aromatic heterocycles. The molecule has 0 amide bonds. The van der Waals surface area contributed by atoms with Gasteiger partial charge in [0.05, 0.1) is 5.52 Å². The van der Waals surface area contributed by atoms with Crippen molar-refractivity contribution < 1.29 is 0 Å². The number of para-hydroxylation sites is 1. The summed E-state index contributed by atoms with van der Waals surface area (Å²) in [6, 6.07) is 8.18. The summed E-state index contributed by atoms with van der Waals surface area (Å²) in [7, 11) is 0. The molecule has 0 aliphatic rings. The molecular weight excluding hydrogens is 196 g/mol. The zero-order valence-corrected chi connectivity index (χ0v) is 11.3. The lowest BCUT2D eigenvalue weighted by Crippen LogP contribution is -1.86. The summed E-state index contributed by atoms with van der Waals surface area (Å²) in [5.41, 5.74) is 2.28. The Bertz CT molecular complexity index is 388. The molecule has 90 valence electrons. The minimum atomic E-state index is 0.511. The molecule has 16 heavy (non-hydrogen) atoms. The SMILES string of the molecule is CC.CC.CC(C)c1[nH]nc2ccccc12. The van der Waals surface area contributed by atoms with Crippen molar-refractivity contribution in [2.24, 2.45) is 0 Å². The van der Waals surface area contributed by atoms with Gasteiger partial charge in [0, 0.05) is 11.1 Å². The maximum Gasteiger partial charge on any atom is 0.0923 e. The van der Waals surface area contributed by atoms with Gasteiger partial charge in [-0.3, -0.25) is 5.10 Å². The number of H-pyrrole nitrogens is 1. The molecule has 1 heterocycles. The van der Waals surface area contributed by atoms with Gasteiger partial charge in [-0.15, -0.1) is 0 Å². The van der Waals surface area contributed by atoms with E-state index < -0.39 is 0 Å². The number of aromatic nitrogens is 2. The molecule has 0 unspecified atom stereocenters. The Kier molecular flexibility index (Phi) is 7.27. The van der Waals surface area contributed by atoms with Crippen LogP contribution in [0.25, 0.3) is 10.9 Å². The summed E-state index contributed by atoms with van der Waals surface area (Å²) >= 11 is 0. The molecule has 1 aromatic carbocycles. The van der Waals surface area contributed by atoms with E-state index >= 15 is 0 Å². The van der Waals surface area contributed by atoms with E-state index in [0.29, 0.717) is 5.92 Å². The summed E-state index contributed by atoms with van der Waals surface area (Å²) in [5.74, 6) is 0.511. The average Bonchev–Trinajstić information content (AvgIpc) is 2.78. The lowest BCUT2D eigenvalue weighted by Gasteiger charge is -1.99. The normalized spacial score (nSPS) is 9.19. The van der Waals surface area contributed by atoms with Gasteiger partial charge in [-0.1, -0.05) is 59.7 Å². The molecule has 2 nitrogen and oxygen atoms in total. The van der Waals surface area contributed by atoms with Crippen molar-refractivity contribution in [1.82, 2.24) is 10.2 Å². The zero-order valence-electron chi connectivity index (χ0n) is 11.3. The molecule has 0 spiro atoms. The summed E-state index contributed by atoms with van der Waals surface area (Å²) < 4.78 is 0. The third kappa shape index (κ3) is 3.37. The van der Waals surface area contributed by atoms with Crippen LogP contribution in [0.3, 0.4) is 0 Å². The lowest BCUT2D eigenvalue weighted by molar-refractivity contribution is 0.818. The van der Waals surface area contributed by atoms with Crippen LogP contribution in [0.15, 0.2) is 24.3 Å². The van der Waals surface area contributed by atoms with Gasteiger partial charge in [-0.05, 0) is 12.0 Å². The molecule has 0 bridgehead atoms. The molecule has 0 radical (unpaired) electrons. The monoisotopic (exact) mass is 220 g/mol. The Morgan fingerprint density at radius 1 is 1.00 bits per heavy atom. The van der Waals surface area contributed by atoms with Gasteiger partial charge >= 0.3 is 0 Å². The van der Waals surface area contributed by atoms with E-state index in [0.717, 1.165) is 5.52 Å². The Morgan fingerprint density at radius 2 is 1.56 bits per heavy atom. The first-order valence-electron chi connectivity index (χ1n) is 6.22. The van der Waals surface area contributed by atoms with Crippen molar-refractivity contribution in [1.29, 1.82) is 0 Å². The van der Waals surface area contributed by atoms with Crippen molar-refractivity contribution in [2.75, 3.05) is 0 Å². The van der Waals surface area contributed by atoms with Gasteiger partial charge in [0.2, 0.25) is 0 Å². The van der Waals surface area contributed by atoms with Crippen molar-refractivity contribution >= 4 is 10.9 Å². The first kappa shape index (κ1) is 14.7. The third-order valence-electron chi connectivity index (χ3n) is 2.07. The molecule has 0 saturated heterocycles. The van der Waals surface area contributed by atoms with Crippen LogP contribution in [0, 0.1) is 0 Å². The van der Waals surface area contributed by atoms with Crippen molar-refractivity contribution in [2.45, 2.75) is 47.5 Å². The molecule has 2 heteroatoms. The van der Waals surface area contributed by atoms with Crippen molar-refractivity contribution in [3.63, 3.8) is 0 Å².